The zero-order valence-electron chi connectivity index (χ0n) is 9.98. The van der Waals surface area contributed by atoms with Crippen LogP contribution in [0.15, 0.2) is 23.0 Å². The molecule has 2 heterocycles. The van der Waals surface area contributed by atoms with Crippen molar-refractivity contribution in [1.29, 1.82) is 0 Å². The Balaban J connectivity index is 2.41. The summed E-state index contributed by atoms with van der Waals surface area (Å²) in [6, 6.07) is 5.82. The lowest BCUT2D eigenvalue weighted by molar-refractivity contribution is 0.881. The van der Waals surface area contributed by atoms with Gasteiger partial charge >= 0.3 is 0 Å². The van der Waals surface area contributed by atoms with E-state index in [1.54, 1.807) is 6.07 Å². The van der Waals surface area contributed by atoms with Crippen molar-refractivity contribution in [2.45, 2.75) is 13.8 Å². The molecule has 0 fully saturated rings. The fourth-order valence-corrected chi connectivity index (χ4v) is 2.02. The summed E-state index contributed by atoms with van der Waals surface area (Å²) in [5, 5.41) is 14.5. The Bertz CT molecular complexity index is 773. The summed E-state index contributed by atoms with van der Waals surface area (Å²) >= 11 is 0. The Labute approximate surface area is 102 Å². The third-order valence-corrected chi connectivity index (χ3v) is 3.03. The molecule has 0 aliphatic heterocycles. The first-order chi connectivity index (χ1) is 8.66. The highest BCUT2D eigenvalue weighted by atomic mass is 16.1. The van der Waals surface area contributed by atoms with Crippen molar-refractivity contribution in [2.75, 3.05) is 0 Å². The highest BCUT2D eigenvalue weighted by molar-refractivity contribution is 5.87. The molecule has 90 valence electrons. The van der Waals surface area contributed by atoms with E-state index in [-0.39, 0.29) is 5.56 Å². The number of H-pyrrole nitrogens is 2. The second kappa shape index (κ2) is 3.76. The molecule has 0 bridgehead atoms. The molecular weight excluding hydrogens is 230 g/mol. The molecule has 0 atom stereocenters. The minimum atomic E-state index is -0.211. The van der Waals surface area contributed by atoms with E-state index in [4.69, 9.17) is 0 Å². The lowest BCUT2D eigenvalue weighted by Crippen LogP contribution is -2.10. The first-order valence-electron chi connectivity index (χ1n) is 5.54. The summed E-state index contributed by atoms with van der Waals surface area (Å²) in [6.45, 7) is 3.96. The van der Waals surface area contributed by atoms with Crippen LogP contribution >= 0.6 is 0 Å². The van der Waals surface area contributed by atoms with Crippen molar-refractivity contribution in [2.24, 2.45) is 0 Å². The Morgan fingerprint density at radius 3 is 2.67 bits per heavy atom. The third-order valence-electron chi connectivity index (χ3n) is 3.03. The van der Waals surface area contributed by atoms with Crippen LogP contribution in [0.2, 0.25) is 0 Å². The molecule has 0 radical (unpaired) electrons. The van der Waals surface area contributed by atoms with Gasteiger partial charge in [-0.25, -0.2) is 0 Å². The molecule has 0 amide bonds. The van der Waals surface area contributed by atoms with Gasteiger partial charge in [0.15, 0.2) is 0 Å². The molecule has 0 spiro atoms. The number of rotatable bonds is 1. The monoisotopic (exact) mass is 241 g/mol. The standard InChI is InChI=1S/C12H11N5O/c1-6-3-4-7(2)10-8(6)5-9(12(18)13-10)11-14-16-17-15-11/h3-5H,1-2H3,(H,13,18)(H,14,15,16,17). The lowest BCUT2D eigenvalue weighted by atomic mass is 10.0. The molecule has 0 unspecified atom stereocenters. The molecule has 6 heteroatoms. The molecule has 3 aromatic rings. The molecule has 18 heavy (non-hydrogen) atoms. The Hall–Kier alpha value is -2.50. The number of aromatic nitrogens is 5. The number of nitrogens with zero attached hydrogens (tertiary/aromatic N) is 3. The number of tetrazole rings is 1. The van der Waals surface area contributed by atoms with Gasteiger partial charge in [-0.3, -0.25) is 4.79 Å². The van der Waals surface area contributed by atoms with E-state index >= 15 is 0 Å². The van der Waals surface area contributed by atoms with Gasteiger partial charge in [-0.15, -0.1) is 10.2 Å². The Morgan fingerprint density at radius 2 is 1.94 bits per heavy atom. The fraction of sp³-hybridized carbons (Fsp3) is 0.167. The summed E-state index contributed by atoms with van der Waals surface area (Å²) in [7, 11) is 0. The van der Waals surface area contributed by atoms with Crippen LogP contribution in [0.4, 0.5) is 0 Å². The molecule has 2 aromatic heterocycles. The summed E-state index contributed by atoms with van der Waals surface area (Å²) in [4.78, 5) is 14.9. The van der Waals surface area contributed by atoms with Crippen molar-refractivity contribution in [3.63, 3.8) is 0 Å². The average molecular weight is 241 g/mol. The highest BCUT2D eigenvalue weighted by Gasteiger charge is 2.11. The van der Waals surface area contributed by atoms with Crippen LogP contribution in [0.25, 0.3) is 22.3 Å². The number of aromatic amines is 2. The minimum absolute atomic E-state index is 0.211. The lowest BCUT2D eigenvalue weighted by Gasteiger charge is -2.06. The van der Waals surface area contributed by atoms with Crippen LogP contribution in [-0.4, -0.2) is 25.6 Å². The molecule has 1 aromatic carbocycles. The van der Waals surface area contributed by atoms with Gasteiger partial charge in [0.05, 0.1) is 11.1 Å². The van der Waals surface area contributed by atoms with E-state index in [0.29, 0.717) is 11.4 Å². The third kappa shape index (κ3) is 1.50. The van der Waals surface area contributed by atoms with Crippen LogP contribution in [0, 0.1) is 13.8 Å². The predicted octanol–water partition coefficient (Wildman–Crippen LogP) is 1.33. The van der Waals surface area contributed by atoms with Gasteiger partial charge in [0.25, 0.3) is 5.56 Å². The molecular formula is C12H11N5O. The predicted molar refractivity (Wildman–Crippen MR) is 67.2 cm³/mol. The van der Waals surface area contributed by atoms with Crippen LogP contribution in [0.1, 0.15) is 11.1 Å². The fourth-order valence-electron chi connectivity index (χ4n) is 2.02. The van der Waals surface area contributed by atoms with Gasteiger partial charge in [-0.1, -0.05) is 12.1 Å². The number of hydrogen-bond acceptors (Lipinski definition) is 4. The number of fused-ring (bicyclic) bond motifs is 1. The van der Waals surface area contributed by atoms with Gasteiger partial charge in [0.1, 0.15) is 0 Å². The van der Waals surface area contributed by atoms with Crippen molar-refractivity contribution in [1.82, 2.24) is 25.6 Å². The van der Waals surface area contributed by atoms with Crippen molar-refractivity contribution >= 4 is 10.9 Å². The van der Waals surface area contributed by atoms with Crippen molar-refractivity contribution in [3.8, 4) is 11.4 Å². The molecule has 0 saturated carbocycles. The zero-order chi connectivity index (χ0) is 12.7. The summed E-state index contributed by atoms with van der Waals surface area (Å²) in [5.41, 5.74) is 3.19. The maximum atomic E-state index is 12.0. The summed E-state index contributed by atoms with van der Waals surface area (Å²) in [6.07, 6.45) is 0. The number of aryl methyl sites for hydroxylation is 2. The van der Waals surface area contributed by atoms with Gasteiger partial charge < -0.3 is 4.98 Å². The van der Waals surface area contributed by atoms with E-state index in [0.717, 1.165) is 22.0 Å². The van der Waals surface area contributed by atoms with Crippen LogP contribution in [0.3, 0.4) is 0 Å². The highest BCUT2D eigenvalue weighted by Crippen LogP contribution is 2.21. The van der Waals surface area contributed by atoms with E-state index in [1.165, 1.54) is 0 Å². The molecule has 0 aliphatic rings. The molecule has 0 aliphatic carbocycles. The van der Waals surface area contributed by atoms with Crippen molar-refractivity contribution in [3.05, 3.63) is 39.7 Å². The minimum Gasteiger partial charge on any atom is -0.321 e. The number of benzene rings is 1. The smallest absolute Gasteiger partial charge is 0.259 e. The van der Waals surface area contributed by atoms with E-state index in [9.17, 15) is 4.79 Å². The molecule has 6 nitrogen and oxygen atoms in total. The first kappa shape index (κ1) is 10.6. The first-order valence-corrected chi connectivity index (χ1v) is 5.54. The van der Waals surface area contributed by atoms with Crippen LogP contribution < -0.4 is 5.56 Å². The second-order valence-corrected chi connectivity index (χ2v) is 4.24. The van der Waals surface area contributed by atoms with Crippen LogP contribution in [0.5, 0.6) is 0 Å². The van der Waals surface area contributed by atoms with E-state index in [1.807, 2.05) is 26.0 Å². The summed E-state index contributed by atoms with van der Waals surface area (Å²) in [5.74, 6) is 0.305. The number of hydrogen-bond donors (Lipinski definition) is 2. The molecule has 3 rings (SSSR count). The van der Waals surface area contributed by atoms with E-state index < -0.39 is 0 Å². The maximum Gasteiger partial charge on any atom is 0.259 e. The maximum absolute atomic E-state index is 12.0. The normalized spacial score (nSPS) is 11.0. The quantitative estimate of drug-likeness (QED) is 0.672. The van der Waals surface area contributed by atoms with E-state index in [2.05, 4.69) is 25.6 Å². The molecule has 0 saturated heterocycles. The number of pyridine rings is 1. The zero-order valence-corrected chi connectivity index (χ0v) is 9.98. The Kier molecular flexibility index (Phi) is 2.22. The van der Waals surface area contributed by atoms with Crippen LogP contribution in [-0.2, 0) is 0 Å². The molecule has 2 N–H and O–H groups in total. The van der Waals surface area contributed by atoms with Gasteiger partial charge in [-0.2, -0.15) is 5.21 Å². The van der Waals surface area contributed by atoms with Crippen molar-refractivity contribution < 1.29 is 0 Å². The largest absolute Gasteiger partial charge is 0.321 e. The topological polar surface area (TPSA) is 87.3 Å². The SMILES string of the molecule is Cc1ccc(C)c2[nH]c(=O)c(-c3nn[nH]n3)cc12. The average Bonchev–Trinajstić information content (AvgIpc) is 2.87. The second-order valence-electron chi connectivity index (χ2n) is 4.24. The number of nitrogens with one attached hydrogen (secondary N) is 2. The Morgan fingerprint density at radius 1 is 1.17 bits per heavy atom. The van der Waals surface area contributed by atoms with Gasteiger partial charge in [-0.05, 0) is 36.3 Å². The summed E-state index contributed by atoms with van der Waals surface area (Å²) < 4.78 is 0. The van der Waals surface area contributed by atoms with Gasteiger partial charge in [0.2, 0.25) is 5.82 Å². The van der Waals surface area contributed by atoms with Gasteiger partial charge in [0, 0.05) is 5.39 Å².